The molecule has 0 fully saturated rings. The molecule has 0 saturated carbocycles. The predicted molar refractivity (Wildman–Crippen MR) is 63.0 cm³/mol. The number of carbonyl (C=O) groups is 1. The number of hydrogen-bond acceptors (Lipinski definition) is 2. The first kappa shape index (κ1) is 14.4. The molecule has 0 aromatic rings. The Morgan fingerprint density at radius 1 is 1.27 bits per heavy atom. The molecule has 0 aliphatic rings. The van der Waals surface area contributed by atoms with Gasteiger partial charge in [-0.2, -0.15) is 0 Å². The van der Waals surface area contributed by atoms with E-state index in [0.29, 0.717) is 18.4 Å². The molecule has 2 N–H and O–H groups in total. The maximum absolute atomic E-state index is 10.3. The Labute approximate surface area is 93.3 Å². The summed E-state index contributed by atoms with van der Waals surface area (Å²) in [5, 5.41) is 12.0. The van der Waals surface area contributed by atoms with Gasteiger partial charge in [-0.15, -0.1) is 0 Å². The molecule has 0 radical (unpaired) electrons. The van der Waals surface area contributed by atoms with Crippen LogP contribution in [-0.4, -0.2) is 23.7 Å². The molecule has 0 heterocycles. The van der Waals surface area contributed by atoms with Crippen molar-refractivity contribution in [1.82, 2.24) is 5.32 Å². The van der Waals surface area contributed by atoms with Crippen LogP contribution in [-0.2, 0) is 4.79 Å². The summed E-state index contributed by atoms with van der Waals surface area (Å²) < 4.78 is 0. The van der Waals surface area contributed by atoms with Gasteiger partial charge in [0.1, 0.15) is 0 Å². The van der Waals surface area contributed by atoms with Crippen molar-refractivity contribution in [1.29, 1.82) is 0 Å². The molecule has 0 aromatic carbocycles. The molecular formula is C12H25NO2. The Morgan fingerprint density at radius 2 is 1.93 bits per heavy atom. The van der Waals surface area contributed by atoms with Crippen LogP contribution < -0.4 is 5.32 Å². The van der Waals surface area contributed by atoms with E-state index in [1.54, 1.807) is 0 Å². The van der Waals surface area contributed by atoms with Gasteiger partial charge in [0.15, 0.2) is 0 Å². The van der Waals surface area contributed by atoms with Crippen LogP contribution in [0.2, 0.25) is 0 Å². The van der Waals surface area contributed by atoms with Crippen molar-refractivity contribution in [2.45, 2.75) is 58.9 Å². The highest BCUT2D eigenvalue weighted by Crippen LogP contribution is 2.06. The van der Waals surface area contributed by atoms with E-state index in [-0.39, 0.29) is 0 Å². The minimum absolute atomic E-state index is 0.307. The summed E-state index contributed by atoms with van der Waals surface area (Å²) in [5.41, 5.74) is 0. The van der Waals surface area contributed by atoms with E-state index in [0.717, 1.165) is 32.2 Å². The number of rotatable bonds is 9. The number of hydrogen-bond donors (Lipinski definition) is 2. The van der Waals surface area contributed by atoms with Crippen LogP contribution in [0.3, 0.4) is 0 Å². The third kappa shape index (κ3) is 8.43. The predicted octanol–water partition coefficient (Wildman–Crippen LogP) is 2.66. The van der Waals surface area contributed by atoms with E-state index < -0.39 is 5.97 Å². The molecule has 0 aliphatic carbocycles. The van der Waals surface area contributed by atoms with Crippen LogP contribution in [0.15, 0.2) is 0 Å². The minimum Gasteiger partial charge on any atom is -0.481 e. The molecular weight excluding hydrogens is 190 g/mol. The van der Waals surface area contributed by atoms with Crippen LogP contribution in [0.25, 0.3) is 0 Å². The third-order valence-corrected chi connectivity index (χ3v) is 2.72. The first-order valence-corrected chi connectivity index (χ1v) is 6.03. The second-order valence-electron chi connectivity index (χ2n) is 4.42. The van der Waals surface area contributed by atoms with Crippen molar-refractivity contribution in [3.63, 3.8) is 0 Å². The minimum atomic E-state index is -0.684. The molecule has 3 nitrogen and oxygen atoms in total. The molecule has 15 heavy (non-hydrogen) atoms. The maximum atomic E-state index is 10.3. The Hall–Kier alpha value is -0.570. The summed E-state index contributed by atoms with van der Waals surface area (Å²) in [6.07, 6.45) is 4.36. The van der Waals surface area contributed by atoms with Crippen LogP contribution in [0.1, 0.15) is 52.9 Å². The van der Waals surface area contributed by atoms with Gasteiger partial charge in [0.25, 0.3) is 0 Å². The Morgan fingerprint density at radius 3 is 2.40 bits per heavy atom. The number of carboxylic acid groups (broad SMARTS) is 1. The number of aliphatic carboxylic acids is 1. The van der Waals surface area contributed by atoms with Crippen LogP contribution >= 0.6 is 0 Å². The first-order valence-electron chi connectivity index (χ1n) is 6.03. The zero-order valence-corrected chi connectivity index (χ0v) is 10.3. The van der Waals surface area contributed by atoms with E-state index in [9.17, 15) is 4.79 Å². The van der Waals surface area contributed by atoms with Gasteiger partial charge in [0.2, 0.25) is 0 Å². The van der Waals surface area contributed by atoms with E-state index in [2.05, 4.69) is 26.1 Å². The lowest BCUT2D eigenvalue weighted by atomic mass is 10.0. The fourth-order valence-corrected chi connectivity index (χ4v) is 1.72. The highest BCUT2D eigenvalue weighted by Gasteiger charge is 2.08. The largest absolute Gasteiger partial charge is 0.481 e. The molecule has 0 saturated heterocycles. The van der Waals surface area contributed by atoms with Gasteiger partial charge >= 0.3 is 5.97 Å². The van der Waals surface area contributed by atoms with Gasteiger partial charge in [0, 0.05) is 12.5 Å². The van der Waals surface area contributed by atoms with Crippen molar-refractivity contribution in [3.8, 4) is 0 Å². The Bertz CT molecular complexity index is 169. The van der Waals surface area contributed by atoms with Crippen LogP contribution in [0, 0.1) is 5.92 Å². The van der Waals surface area contributed by atoms with Crippen molar-refractivity contribution >= 4 is 5.97 Å². The zero-order valence-electron chi connectivity index (χ0n) is 10.3. The molecule has 1 atom stereocenters. The van der Waals surface area contributed by atoms with E-state index in [1.807, 2.05) is 0 Å². The van der Waals surface area contributed by atoms with Crippen molar-refractivity contribution in [2.75, 3.05) is 6.54 Å². The van der Waals surface area contributed by atoms with E-state index in [4.69, 9.17) is 5.11 Å². The maximum Gasteiger partial charge on any atom is 0.303 e. The average molecular weight is 215 g/mol. The topological polar surface area (TPSA) is 49.3 Å². The van der Waals surface area contributed by atoms with Crippen LogP contribution in [0.5, 0.6) is 0 Å². The molecule has 0 aliphatic heterocycles. The first-order chi connectivity index (χ1) is 7.07. The van der Waals surface area contributed by atoms with Gasteiger partial charge in [-0.1, -0.05) is 27.2 Å². The molecule has 0 amide bonds. The Balaban J connectivity index is 3.33. The molecule has 90 valence electrons. The summed E-state index contributed by atoms with van der Waals surface area (Å²) in [5.74, 6) is -0.00871. The molecule has 0 spiro atoms. The number of carboxylic acids is 1. The Kier molecular flexibility index (Phi) is 8.38. The van der Waals surface area contributed by atoms with Gasteiger partial charge < -0.3 is 10.4 Å². The third-order valence-electron chi connectivity index (χ3n) is 2.72. The summed E-state index contributed by atoms with van der Waals surface area (Å²) in [6.45, 7) is 7.66. The average Bonchev–Trinajstić information content (AvgIpc) is 2.15. The normalized spacial score (nSPS) is 13.1. The van der Waals surface area contributed by atoms with Crippen molar-refractivity contribution in [3.05, 3.63) is 0 Å². The second-order valence-corrected chi connectivity index (χ2v) is 4.42. The monoisotopic (exact) mass is 215 g/mol. The highest BCUT2D eigenvalue weighted by atomic mass is 16.4. The quantitative estimate of drug-likeness (QED) is 0.581. The second kappa shape index (κ2) is 8.72. The summed E-state index contributed by atoms with van der Waals surface area (Å²) >= 11 is 0. The lowest BCUT2D eigenvalue weighted by molar-refractivity contribution is -0.137. The fraction of sp³-hybridized carbons (Fsp3) is 0.917. The van der Waals surface area contributed by atoms with Crippen LogP contribution in [0.4, 0.5) is 0 Å². The lowest BCUT2D eigenvalue weighted by Gasteiger charge is -2.20. The number of nitrogens with one attached hydrogen (secondary N) is 1. The van der Waals surface area contributed by atoms with Gasteiger partial charge in [-0.3, -0.25) is 4.79 Å². The van der Waals surface area contributed by atoms with E-state index in [1.165, 1.54) is 0 Å². The summed E-state index contributed by atoms with van der Waals surface area (Å²) in [7, 11) is 0. The van der Waals surface area contributed by atoms with Gasteiger partial charge in [0.05, 0.1) is 0 Å². The zero-order chi connectivity index (χ0) is 11.7. The standard InChI is InChI=1S/C12H25NO2/c1-4-11(10(2)3)13-9-7-5-6-8-12(14)15/h10-11,13H,4-9H2,1-3H3,(H,14,15). The lowest BCUT2D eigenvalue weighted by Crippen LogP contribution is -2.33. The smallest absolute Gasteiger partial charge is 0.303 e. The fourth-order valence-electron chi connectivity index (χ4n) is 1.72. The van der Waals surface area contributed by atoms with Crippen molar-refractivity contribution in [2.24, 2.45) is 5.92 Å². The molecule has 0 aromatic heterocycles. The molecule has 1 unspecified atom stereocenters. The number of unbranched alkanes of at least 4 members (excludes halogenated alkanes) is 2. The molecule has 0 rings (SSSR count). The SMILES string of the molecule is CCC(NCCCCCC(=O)O)C(C)C. The van der Waals surface area contributed by atoms with Gasteiger partial charge in [-0.05, 0) is 31.7 Å². The highest BCUT2D eigenvalue weighted by molar-refractivity contribution is 5.66. The summed E-state index contributed by atoms with van der Waals surface area (Å²) in [4.78, 5) is 10.3. The molecule has 0 bridgehead atoms. The summed E-state index contributed by atoms with van der Waals surface area (Å²) in [6, 6.07) is 0.601. The van der Waals surface area contributed by atoms with E-state index >= 15 is 0 Å². The van der Waals surface area contributed by atoms with Crippen molar-refractivity contribution < 1.29 is 9.90 Å². The van der Waals surface area contributed by atoms with Gasteiger partial charge in [-0.25, -0.2) is 0 Å². The molecule has 3 heteroatoms.